The fourth-order valence-corrected chi connectivity index (χ4v) is 2.87. The van der Waals surface area contributed by atoms with Gasteiger partial charge in [-0.15, -0.1) is 5.10 Å². The fourth-order valence-electron chi connectivity index (χ4n) is 2.87. The van der Waals surface area contributed by atoms with Crippen molar-refractivity contribution in [2.75, 3.05) is 5.32 Å². The average Bonchev–Trinajstić information content (AvgIpc) is 3.07. The second-order valence-corrected chi connectivity index (χ2v) is 5.37. The molecule has 1 unspecified atom stereocenters. The lowest BCUT2D eigenvalue weighted by Gasteiger charge is -2.21. The van der Waals surface area contributed by atoms with E-state index in [1.54, 1.807) is 17.1 Å². The molecular weight excluding hydrogens is 270 g/mol. The van der Waals surface area contributed by atoms with Gasteiger partial charge in [0.25, 0.3) is 0 Å². The van der Waals surface area contributed by atoms with Crippen LogP contribution in [0.5, 0.6) is 0 Å². The third-order valence-electron chi connectivity index (χ3n) is 3.88. The number of nitrogens with zero attached hydrogens (tertiary/aromatic N) is 4. The molecule has 1 saturated carbocycles. The third-order valence-corrected chi connectivity index (χ3v) is 3.88. The molecule has 2 heterocycles. The van der Waals surface area contributed by atoms with Crippen molar-refractivity contribution >= 4 is 11.8 Å². The highest BCUT2D eigenvalue weighted by Crippen LogP contribution is 2.36. The number of hydrogen-bond donors (Lipinski definition) is 2. The van der Waals surface area contributed by atoms with Crippen LogP contribution >= 0.6 is 0 Å². The van der Waals surface area contributed by atoms with Crippen LogP contribution in [0.25, 0.3) is 0 Å². The topological polar surface area (TPSA) is 92.9 Å². The monoisotopic (exact) mass is 287 g/mol. The van der Waals surface area contributed by atoms with Crippen molar-refractivity contribution in [1.29, 1.82) is 0 Å². The van der Waals surface area contributed by atoms with E-state index in [0.29, 0.717) is 12.8 Å². The SMILES string of the molecule is Cc1cccc(N[C@@H]2CC(C(=O)O)C[C@@H]2n2ccnn2)n1. The number of carboxylic acid groups (broad SMARTS) is 1. The first-order chi connectivity index (χ1) is 10.1. The summed E-state index contributed by atoms with van der Waals surface area (Å²) in [7, 11) is 0. The number of aryl methyl sites for hydroxylation is 1. The Labute approximate surface area is 122 Å². The molecule has 0 bridgehead atoms. The minimum Gasteiger partial charge on any atom is -0.481 e. The number of carbonyl (C=O) groups is 1. The standard InChI is InChI=1S/C14H17N5O2/c1-9-3-2-4-13(16-9)17-11-7-10(14(20)21)8-12(11)19-6-5-15-18-19/h2-6,10-12H,7-8H2,1H3,(H,16,17)(H,20,21)/t10?,11-,12+/m1/s1. The lowest BCUT2D eigenvalue weighted by Crippen LogP contribution is -2.27. The van der Waals surface area contributed by atoms with Crippen molar-refractivity contribution < 1.29 is 9.90 Å². The molecule has 0 saturated heterocycles. The van der Waals surface area contributed by atoms with Gasteiger partial charge in [0, 0.05) is 11.9 Å². The molecule has 110 valence electrons. The first kappa shape index (κ1) is 13.5. The number of rotatable bonds is 4. The highest BCUT2D eigenvalue weighted by Gasteiger charge is 2.39. The van der Waals surface area contributed by atoms with Crippen LogP contribution in [0.1, 0.15) is 24.6 Å². The van der Waals surface area contributed by atoms with Crippen molar-refractivity contribution in [3.8, 4) is 0 Å². The normalized spacial score (nSPS) is 24.9. The maximum absolute atomic E-state index is 11.3. The van der Waals surface area contributed by atoms with Crippen molar-refractivity contribution in [3.63, 3.8) is 0 Å². The fraction of sp³-hybridized carbons (Fsp3) is 0.429. The lowest BCUT2D eigenvalue weighted by atomic mass is 10.1. The molecule has 0 amide bonds. The summed E-state index contributed by atoms with van der Waals surface area (Å²) in [6.07, 6.45) is 4.47. The summed E-state index contributed by atoms with van der Waals surface area (Å²) in [5.41, 5.74) is 0.921. The summed E-state index contributed by atoms with van der Waals surface area (Å²) in [5, 5.41) is 20.4. The molecule has 7 nitrogen and oxygen atoms in total. The quantitative estimate of drug-likeness (QED) is 0.885. The maximum Gasteiger partial charge on any atom is 0.306 e. The Hall–Kier alpha value is -2.44. The molecule has 2 aromatic heterocycles. The molecule has 21 heavy (non-hydrogen) atoms. The van der Waals surface area contributed by atoms with Crippen LogP contribution in [0.3, 0.4) is 0 Å². The van der Waals surface area contributed by atoms with Gasteiger partial charge in [-0.05, 0) is 31.9 Å². The predicted octanol–water partition coefficient (Wildman–Crippen LogP) is 1.50. The van der Waals surface area contributed by atoms with E-state index >= 15 is 0 Å². The van der Waals surface area contributed by atoms with E-state index < -0.39 is 5.97 Å². The number of nitrogens with one attached hydrogen (secondary N) is 1. The summed E-state index contributed by atoms with van der Waals surface area (Å²) in [6, 6.07) is 5.69. The van der Waals surface area contributed by atoms with Gasteiger partial charge >= 0.3 is 5.97 Å². The van der Waals surface area contributed by atoms with Crippen LogP contribution in [0.15, 0.2) is 30.6 Å². The van der Waals surface area contributed by atoms with Crippen molar-refractivity contribution in [2.24, 2.45) is 5.92 Å². The van der Waals surface area contributed by atoms with Gasteiger partial charge < -0.3 is 10.4 Å². The number of carboxylic acids is 1. The average molecular weight is 287 g/mol. The molecule has 3 atom stereocenters. The number of anilines is 1. The van der Waals surface area contributed by atoms with E-state index in [2.05, 4.69) is 20.6 Å². The molecule has 1 fully saturated rings. The molecule has 0 aromatic carbocycles. The molecule has 0 spiro atoms. The summed E-state index contributed by atoms with van der Waals surface area (Å²) < 4.78 is 1.73. The Balaban J connectivity index is 1.82. The Kier molecular flexibility index (Phi) is 3.55. The van der Waals surface area contributed by atoms with Crippen LogP contribution in [0, 0.1) is 12.8 Å². The molecular formula is C14H17N5O2. The molecule has 2 N–H and O–H groups in total. The number of aromatic nitrogens is 4. The van der Waals surface area contributed by atoms with E-state index in [1.807, 2.05) is 25.1 Å². The van der Waals surface area contributed by atoms with Crippen LogP contribution in [-0.2, 0) is 4.79 Å². The van der Waals surface area contributed by atoms with E-state index in [1.165, 1.54) is 0 Å². The smallest absolute Gasteiger partial charge is 0.306 e. The molecule has 1 aliphatic carbocycles. The zero-order valence-electron chi connectivity index (χ0n) is 11.7. The van der Waals surface area contributed by atoms with E-state index in [0.717, 1.165) is 11.5 Å². The molecule has 7 heteroatoms. The van der Waals surface area contributed by atoms with Gasteiger partial charge in [-0.25, -0.2) is 9.67 Å². The van der Waals surface area contributed by atoms with Gasteiger partial charge in [-0.2, -0.15) is 0 Å². The Bertz CT molecular complexity index is 628. The zero-order chi connectivity index (χ0) is 14.8. The van der Waals surface area contributed by atoms with Crippen LogP contribution in [0.4, 0.5) is 5.82 Å². The van der Waals surface area contributed by atoms with Gasteiger partial charge in [0.2, 0.25) is 0 Å². The summed E-state index contributed by atoms with van der Waals surface area (Å²) in [5.74, 6) is -0.376. The van der Waals surface area contributed by atoms with Crippen LogP contribution < -0.4 is 5.32 Å². The minimum absolute atomic E-state index is 0.0258. The van der Waals surface area contributed by atoms with Crippen molar-refractivity contribution in [1.82, 2.24) is 20.0 Å². The maximum atomic E-state index is 11.3. The highest BCUT2D eigenvalue weighted by molar-refractivity contribution is 5.70. The van der Waals surface area contributed by atoms with Gasteiger partial charge in [-0.1, -0.05) is 11.3 Å². The van der Waals surface area contributed by atoms with E-state index in [4.69, 9.17) is 0 Å². The van der Waals surface area contributed by atoms with Crippen LogP contribution in [0.2, 0.25) is 0 Å². The van der Waals surface area contributed by atoms with Gasteiger partial charge in [0.15, 0.2) is 0 Å². The third kappa shape index (κ3) is 2.86. The molecule has 1 aliphatic rings. The summed E-state index contributed by atoms with van der Waals surface area (Å²) >= 11 is 0. The van der Waals surface area contributed by atoms with E-state index in [-0.39, 0.29) is 18.0 Å². The minimum atomic E-state index is -0.762. The summed E-state index contributed by atoms with van der Waals surface area (Å²) in [6.45, 7) is 1.93. The largest absolute Gasteiger partial charge is 0.481 e. The predicted molar refractivity (Wildman–Crippen MR) is 75.8 cm³/mol. The molecule has 0 aliphatic heterocycles. The number of hydrogen-bond acceptors (Lipinski definition) is 5. The van der Waals surface area contributed by atoms with Crippen molar-refractivity contribution in [2.45, 2.75) is 31.8 Å². The Morgan fingerprint density at radius 3 is 2.95 bits per heavy atom. The van der Waals surface area contributed by atoms with Crippen LogP contribution in [-0.4, -0.2) is 37.1 Å². The van der Waals surface area contributed by atoms with Gasteiger partial charge in [-0.3, -0.25) is 4.79 Å². The molecule has 3 rings (SSSR count). The van der Waals surface area contributed by atoms with Gasteiger partial charge in [0.1, 0.15) is 5.82 Å². The van der Waals surface area contributed by atoms with Crippen molar-refractivity contribution in [3.05, 3.63) is 36.3 Å². The summed E-state index contributed by atoms with van der Waals surface area (Å²) in [4.78, 5) is 15.7. The highest BCUT2D eigenvalue weighted by atomic mass is 16.4. The second-order valence-electron chi connectivity index (χ2n) is 5.37. The zero-order valence-corrected chi connectivity index (χ0v) is 11.7. The molecule has 0 radical (unpaired) electrons. The lowest BCUT2D eigenvalue weighted by molar-refractivity contribution is -0.141. The van der Waals surface area contributed by atoms with Gasteiger partial charge in [0.05, 0.1) is 24.2 Å². The van der Waals surface area contributed by atoms with E-state index in [9.17, 15) is 9.90 Å². The first-order valence-corrected chi connectivity index (χ1v) is 6.92. The first-order valence-electron chi connectivity index (χ1n) is 6.92. The number of pyridine rings is 1. The Morgan fingerprint density at radius 2 is 2.29 bits per heavy atom. The Morgan fingerprint density at radius 1 is 1.43 bits per heavy atom. The second kappa shape index (κ2) is 5.51. The molecule has 2 aromatic rings. The number of aliphatic carboxylic acids is 1.